The van der Waals surface area contributed by atoms with Crippen molar-refractivity contribution in [3.63, 3.8) is 0 Å². The zero-order valence-corrected chi connectivity index (χ0v) is 10.4. The highest BCUT2D eigenvalue weighted by atomic mass is 16.6. The molecule has 0 aliphatic carbocycles. The van der Waals surface area contributed by atoms with Crippen LogP contribution in [0.4, 0.5) is 5.69 Å². The molecule has 0 bridgehead atoms. The first-order valence-corrected chi connectivity index (χ1v) is 5.81. The largest absolute Gasteiger partial charge is 0.395 e. The maximum Gasteiger partial charge on any atom is 0.269 e. The molecule has 0 heterocycles. The number of aliphatic hydroxyl groups is 2. The van der Waals surface area contributed by atoms with Crippen LogP contribution in [0, 0.1) is 10.1 Å². The molecule has 104 valence electrons. The van der Waals surface area contributed by atoms with Crippen LogP contribution < -0.4 is 0 Å². The Hall–Kier alpha value is -1.99. The molecular weight excluding hydrogens is 252 g/mol. The van der Waals surface area contributed by atoms with Crippen LogP contribution in [0.2, 0.25) is 0 Å². The summed E-state index contributed by atoms with van der Waals surface area (Å²) >= 11 is 0. The zero-order chi connectivity index (χ0) is 14.3. The van der Waals surface area contributed by atoms with Gasteiger partial charge in [-0.3, -0.25) is 14.9 Å². The lowest BCUT2D eigenvalue weighted by Gasteiger charge is -2.20. The van der Waals surface area contributed by atoms with Crippen LogP contribution in [0.3, 0.4) is 0 Å². The summed E-state index contributed by atoms with van der Waals surface area (Å²) < 4.78 is 0. The topological polar surface area (TPSA) is 104 Å². The molecule has 0 spiro atoms. The first-order chi connectivity index (χ1) is 9.08. The molecule has 0 atom stereocenters. The number of benzene rings is 1. The van der Waals surface area contributed by atoms with Gasteiger partial charge in [0.05, 0.1) is 24.6 Å². The Labute approximate surface area is 110 Å². The molecule has 1 aromatic carbocycles. The third-order valence-electron chi connectivity index (χ3n) is 2.60. The Morgan fingerprint density at radius 1 is 1.16 bits per heavy atom. The molecule has 7 heteroatoms. The molecule has 0 fully saturated rings. The molecule has 19 heavy (non-hydrogen) atoms. The van der Waals surface area contributed by atoms with Gasteiger partial charge in [0, 0.05) is 25.2 Å². The highest BCUT2D eigenvalue weighted by molar-refractivity contribution is 5.78. The first-order valence-electron chi connectivity index (χ1n) is 5.81. The number of carbonyl (C=O) groups is 1. The highest BCUT2D eigenvalue weighted by Crippen LogP contribution is 2.12. The fourth-order valence-electron chi connectivity index (χ4n) is 1.62. The van der Waals surface area contributed by atoms with Gasteiger partial charge in [-0.2, -0.15) is 0 Å². The first kappa shape index (κ1) is 15.1. The van der Waals surface area contributed by atoms with Crippen molar-refractivity contribution in [2.24, 2.45) is 0 Å². The number of aliphatic hydroxyl groups excluding tert-OH is 2. The molecule has 0 aliphatic heterocycles. The second-order valence-corrected chi connectivity index (χ2v) is 3.93. The standard InChI is InChI=1S/C12H16N2O5/c15-7-5-13(6-8-16)12(17)9-10-1-3-11(4-2-10)14(18)19/h1-4,15-16H,5-9H2. The van der Waals surface area contributed by atoms with E-state index >= 15 is 0 Å². The maximum atomic E-state index is 11.9. The molecule has 0 unspecified atom stereocenters. The van der Waals surface area contributed by atoms with Gasteiger partial charge in [-0.25, -0.2) is 0 Å². The normalized spacial score (nSPS) is 10.2. The number of carbonyl (C=O) groups excluding carboxylic acids is 1. The second-order valence-electron chi connectivity index (χ2n) is 3.93. The van der Waals surface area contributed by atoms with E-state index in [1.54, 1.807) is 0 Å². The molecule has 1 amide bonds. The van der Waals surface area contributed by atoms with Crippen molar-refractivity contribution in [3.8, 4) is 0 Å². The van der Waals surface area contributed by atoms with E-state index in [-0.39, 0.29) is 44.3 Å². The lowest BCUT2D eigenvalue weighted by Crippen LogP contribution is -2.36. The SMILES string of the molecule is O=C(Cc1ccc([N+](=O)[O-])cc1)N(CCO)CCO. The van der Waals surface area contributed by atoms with Crippen LogP contribution in [0.5, 0.6) is 0 Å². The molecule has 1 aromatic rings. The smallest absolute Gasteiger partial charge is 0.269 e. The summed E-state index contributed by atoms with van der Waals surface area (Å²) in [5, 5.41) is 28.1. The second kappa shape index (κ2) is 7.45. The Bertz CT molecular complexity index is 426. The van der Waals surface area contributed by atoms with Crippen LogP contribution >= 0.6 is 0 Å². The Morgan fingerprint density at radius 2 is 1.68 bits per heavy atom. The van der Waals surface area contributed by atoms with Crippen molar-refractivity contribution in [3.05, 3.63) is 39.9 Å². The Balaban J connectivity index is 2.66. The third-order valence-corrected chi connectivity index (χ3v) is 2.60. The summed E-state index contributed by atoms with van der Waals surface area (Å²) in [5.41, 5.74) is 0.621. The minimum absolute atomic E-state index is 0.0289. The summed E-state index contributed by atoms with van der Waals surface area (Å²) in [6.07, 6.45) is 0.0813. The summed E-state index contributed by atoms with van der Waals surface area (Å²) in [4.78, 5) is 23.2. The van der Waals surface area contributed by atoms with Gasteiger partial charge in [0.2, 0.25) is 5.91 Å². The fourth-order valence-corrected chi connectivity index (χ4v) is 1.62. The molecule has 2 N–H and O–H groups in total. The zero-order valence-electron chi connectivity index (χ0n) is 10.4. The average molecular weight is 268 g/mol. The average Bonchev–Trinajstić information content (AvgIpc) is 2.39. The van der Waals surface area contributed by atoms with Crippen molar-refractivity contribution in [2.75, 3.05) is 26.3 Å². The van der Waals surface area contributed by atoms with Crippen LogP contribution in [-0.2, 0) is 11.2 Å². The summed E-state index contributed by atoms with van der Waals surface area (Å²) in [5.74, 6) is -0.239. The molecule has 0 saturated heterocycles. The van der Waals surface area contributed by atoms with Crippen molar-refractivity contribution in [1.82, 2.24) is 4.90 Å². The van der Waals surface area contributed by atoms with Gasteiger partial charge in [0.15, 0.2) is 0 Å². The summed E-state index contributed by atoms with van der Waals surface area (Å²) in [6.45, 7) is -0.0310. The van der Waals surface area contributed by atoms with E-state index < -0.39 is 4.92 Å². The van der Waals surface area contributed by atoms with E-state index in [1.807, 2.05) is 0 Å². The summed E-state index contributed by atoms with van der Waals surface area (Å²) in [7, 11) is 0. The predicted molar refractivity (Wildman–Crippen MR) is 67.6 cm³/mol. The van der Waals surface area contributed by atoms with Crippen LogP contribution in [0.15, 0.2) is 24.3 Å². The lowest BCUT2D eigenvalue weighted by molar-refractivity contribution is -0.384. The van der Waals surface area contributed by atoms with Crippen LogP contribution in [0.25, 0.3) is 0 Å². The molecule has 0 aliphatic rings. The highest BCUT2D eigenvalue weighted by Gasteiger charge is 2.13. The number of hydrogen-bond acceptors (Lipinski definition) is 5. The van der Waals surface area contributed by atoms with Crippen LogP contribution in [0.1, 0.15) is 5.56 Å². The molecule has 0 aromatic heterocycles. The molecule has 1 rings (SSSR count). The minimum Gasteiger partial charge on any atom is -0.395 e. The van der Waals surface area contributed by atoms with E-state index in [0.717, 1.165) is 0 Å². The number of nitro groups is 1. The predicted octanol–water partition coefficient (Wildman–Crippen LogP) is -0.0495. The molecular formula is C12H16N2O5. The van der Waals surface area contributed by atoms with Gasteiger partial charge in [-0.05, 0) is 5.56 Å². The van der Waals surface area contributed by atoms with E-state index in [1.165, 1.54) is 29.2 Å². The lowest BCUT2D eigenvalue weighted by atomic mass is 10.1. The third kappa shape index (κ3) is 4.65. The number of nitro benzene ring substituents is 1. The molecule has 7 nitrogen and oxygen atoms in total. The van der Waals surface area contributed by atoms with E-state index in [0.29, 0.717) is 5.56 Å². The van der Waals surface area contributed by atoms with Crippen molar-refractivity contribution in [2.45, 2.75) is 6.42 Å². The number of nitrogens with zero attached hydrogens (tertiary/aromatic N) is 2. The van der Waals surface area contributed by atoms with E-state index in [4.69, 9.17) is 10.2 Å². The Kier molecular flexibility index (Phi) is 5.91. The van der Waals surface area contributed by atoms with Crippen molar-refractivity contribution < 1.29 is 19.9 Å². The number of non-ortho nitro benzene ring substituents is 1. The van der Waals surface area contributed by atoms with Crippen molar-refractivity contribution in [1.29, 1.82) is 0 Å². The maximum absolute atomic E-state index is 11.9. The van der Waals surface area contributed by atoms with Crippen LogP contribution in [-0.4, -0.2) is 52.2 Å². The molecule has 0 radical (unpaired) electrons. The van der Waals surface area contributed by atoms with Crippen molar-refractivity contribution >= 4 is 11.6 Å². The monoisotopic (exact) mass is 268 g/mol. The van der Waals surface area contributed by atoms with Gasteiger partial charge in [0.25, 0.3) is 5.69 Å². The van der Waals surface area contributed by atoms with Gasteiger partial charge in [0.1, 0.15) is 0 Å². The minimum atomic E-state index is -0.505. The molecule has 0 saturated carbocycles. The quantitative estimate of drug-likeness (QED) is 0.533. The van der Waals surface area contributed by atoms with E-state index in [9.17, 15) is 14.9 Å². The number of rotatable bonds is 7. The summed E-state index contributed by atoms with van der Waals surface area (Å²) in [6, 6.07) is 5.72. The van der Waals surface area contributed by atoms with E-state index in [2.05, 4.69) is 0 Å². The Morgan fingerprint density at radius 3 is 2.11 bits per heavy atom. The fraction of sp³-hybridized carbons (Fsp3) is 0.417. The van der Waals surface area contributed by atoms with Gasteiger partial charge >= 0.3 is 0 Å². The number of hydrogen-bond donors (Lipinski definition) is 2. The van der Waals surface area contributed by atoms with Gasteiger partial charge in [-0.1, -0.05) is 12.1 Å². The van der Waals surface area contributed by atoms with Gasteiger partial charge in [-0.15, -0.1) is 0 Å². The van der Waals surface area contributed by atoms with Gasteiger partial charge < -0.3 is 15.1 Å². The number of amides is 1.